The third-order valence-corrected chi connectivity index (χ3v) is 9.71. The molecule has 1 N–H and O–H groups in total. The van der Waals surface area contributed by atoms with Gasteiger partial charge in [0.2, 0.25) is 19.9 Å². The maximum Gasteiger partial charge on any atom is 0.241 e. The smallest absolute Gasteiger partial charge is 0.241 e. The zero-order chi connectivity index (χ0) is 22.4. The minimum atomic E-state index is -3.83. The van der Waals surface area contributed by atoms with Crippen LogP contribution in [0.25, 0.3) is 0 Å². The lowest BCUT2D eigenvalue weighted by Gasteiger charge is -2.26. The van der Waals surface area contributed by atoms with Gasteiger partial charge in [0.25, 0.3) is 0 Å². The summed E-state index contributed by atoms with van der Waals surface area (Å²) in [6.45, 7) is 5.29. The third kappa shape index (κ3) is 3.69. The van der Waals surface area contributed by atoms with E-state index in [4.69, 9.17) is 0 Å². The van der Waals surface area contributed by atoms with Gasteiger partial charge in [0.05, 0.1) is 14.7 Å². The van der Waals surface area contributed by atoms with E-state index in [9.17, 15) is 16.8 Å². The molecule has 0 fully saturated rings. The summed E-state index contributed by atoms with van der Waals surface area (Å²) in [5.41, 5.74) is 3.63. The van der Waals surface area contributed by atoms with Crippen molar-refractivity contribution < 1.29 is 16.8 Å². The summed E-state index contributed by atoms with van der Waals surface area (Å²) in [6.07, 6.45) is 4.27. The van der Waals surface area contributed by atoms with Gasteiger partial charge in [-0.15, -0.1) is 0 Å². The highest BCUT2D eigenvalue weighted by Crippen LogP contribution is 2.41. The predicted molar refractivity (Wildman–Crippen MR) is 118 cm³/mol. The highest BCUT2D eigenvalue weighted by atomic mass is 32.2. The van der Waals surface area contributed by atoms with Crippen LogP contribution in [0.3, 0.4) is 0 Å². The summed E-state index contributed by atoms with van der Waals surface area (Å²) in [4.78, 5) is 4.76. The van der Waals surface area contributed by atoms with Gasteiger partial charge in [-0.05, 0) is 72.7 Å². The molecule has 0 bridgehead atoms. The molecule has 0 atom stereocenters. The van der Waals surface area contributed by atoms with Crippen LogP contribution in [0.15, 0.2) is 63.5 Å². The molecule has 1 aromatic heterocycles. The molecule has 0 saturated carbocycles. The fourth-order valence-corrected chi connectivity index (χ4v) is 7.96. The highest BCUT2D eigenvalue weighted by molar-refractivity contribution is 7.91. The molecule has 3 aromatic rings. The Balaban J connectivity index is 1.77. The number of aromatic nitrogens is 1. The van der Waals surface area contributed by atoms with Crippen LogP contribution in [-0.2, 0) is 32.7 Å². The van der Waals surface area contributed by atoms with E-state index in [1.165, 1.54) is 0 Å². The third-order valence-electron chi connectivity index (χ3n) is 5.91. The van der Waals surface area contributed by atoms with Gasteiger partial charge >= 0.3 is 0 Å². The summed E-state index contributed by atoms with van der Waals surface area (Å²) in [5.74, 6) is 0. The number of sulfone groups is 1. The summed E-state index contributed by atoms with van der Waals surface area (Å²) < 4.78 is 55.8. The number of hydrogen-bond donors (Lipinski definition) is 1. The fraction of sp³-hybridized carbons (Fsp3) is 0.261. The van der Waals surface area contributed by atoms with Gasteiger partial charge in [0, 0.05) is 25.4 Å². The Morgan fingerprint density at radius 3 is 2.45 bits per heavy atom. The van der Waals surface area contributed by atoms with Crippen molar-refractivity contribution in [2.75, 3.05) is 6.54 Å². The molecule has 1 aliphatic rings. The lowest BCUT2D eigenvalue weighted by Crippen LogP contribution is -2.29. The van der Waals surface area contributed by atoms with Crippen molar-refractivity contribution in [2.24, 2.45) is 0 Å². The van der Waals surface area contributed by atoms with Crippen LogP contribution in [0.2, 0.25) is 0 Å². The van der Waals surface area contributed by atoms with Gasteiger partial charge in [-0.3, -0.25) is 4.98 Å². The van der Waals surface area contributed by atoms with Gasteiger partial charge in [-0.25, -0.2) is 21.6 Å². The molecule has 1 aliphatic heterocycles. The summed E-state index contributed by atoms with van der Waals surface area (Å²) >= 11 is 0. The Labute approximate surface area is 183 Å². The monoisotopic (exact) mass is 456 g/mol. The van der Waals surface area contributed by atoms with Crippen molar-refractivity contribution in [3.8, 4) is 0 Å². The first-order chi connectivity index (χ1) is 14.6. The summed E-state index contributed by atoms with van der Waals surface area (Å²) in [5, 5.41) is 0. The van der Waals surface area contributed by atoms with E-state index < -0.39 is 19.9 Å². The average Bonchev–Trinajstić information content (AvgIpc) is 2.72. The quantitative estimate of drug-likeness (QED) is 0.498. The zero-order valence-electron chi connectivity index (χ0n) is 17.6. The highest BCUT2D eigenvalue weighted by Gasteiger charge is 2.35. The number of pyridine rings is 1. The van der Waals surface area contributed by atoms with Crippen molar-refractivity contribution in [2.45, 2.75) is 48.3 Å². The second-order valence-electron chi connectivity index (χ2n) is 7.81. The van der Waals surface area contributed by atoms with Gasteiger partial charge in [0.15, 0.2) is 0 Å². The number of rotatable bonds is 5. The van der Waals surface area contributed by atoms with Crippen molar-refractivity contribution in [1.82, 2.24) is 9.71 Å². The Morgan fingerprint density at radius 2 is 1.74 bits per heavy atom. The SMILES string of the molecule is Cc1c(C)c2c(c(C)c1S(=O)(=O)NCCc1cccnc1)Cc1ccccc1S2(=O)=O. The van der Waals surface area contributed by atoms with E-state index in [1.807, 2.05) is 12.1 Å². The zero-order valence-corrected chi connectivity index (χ0v) is 19.3. The number of hydrogen-bond acceptors (Lipinski definition) is 5. The maximum atomic E-state index is 13.3. The number of nitrogens with one attached hydrogen (secondary N) is 1. The molecular formula is C23H24N2O4S2. The maximum absolute atomic E-state index is 13.3. The number of sulfonamides is 1. The van der Waals surface area contributed by atoms with E-state index >= 15 is 0 Å². The van der Waals surface area contributed by atoms with E-state index in [2.05, 4.69) is 9.71 Å². The molecule has 0 saturated heterocycles. The summed E-state index contributed by atoms with van der Waals surface area (Å²) in [6, 6.07) is 10.6. The van der Waals surface area contributed by atoms with Crippen molar-refractivity contribution in [3.63, 3.8) is 0 Å². The Bertz CT molecular complexity index is 1380. The number of nitrogens with zero attached hydrogens (tertiary/aromatic N) is 1. The van der Waals surface area contributed by atoms with Crippen LogP contribution < -0.4 is 4.72 Å². The molecule has 162 valence electrons. The van der Waals surface area contributed by atoms with E-state index in [0.717, 1.165) is 5.56 Å². The fourth-order valence-electron chi connectivity index (χ4n) is 4.30. The topological polar surface area (TPSA) is 93.2 Å². The minimum absolute atomic E-state index is 0.171. The normalized spacial score (nSPS) is 14.7. The molecule has 0 spiro atoms. The molecule has 0 aliphatic carbocycles. The second-order valence-corrected chi connectivity index (χ2v) is 11.4. The Kier molecular flexibility index (Phi) is 5.49. The lowest BCUT2D eigenvalue weighted by atomic mass is 9.95. The molecule has 2 aromatic carbocycles. The first kappa shape index (κ1) is 21.7. The minimum Gasteiger partial charge on any atom is -0.264 e. The lowest BCUT2D eigenvalue weighted by molar-refractivity contribution is 0.577. The largest absolute Gasteiger partial charge is 0.264 e. The standard InChI is InChI=1S/C23H24N2O4S2/c1-15-16(2)23-20(13-19-8-4-5-9-21(19)30(23,26)27)17(3)22(15)31(28,29)25-12-10-18-7-6-11-24-14-18/h4-9,11,14,25H,10,12-13H2,1-3H3. The number of fused-ring (bicyclic) bond motifs is 2. The molecular weight excluding hydrogens is 432 g/mol. The van der Waals surface area contributed by atoms with Crippen LogP contribution in [0, 0.1) is 20.8 Å². The van der Waals surface area contributed by atoms with Crippen LogP contribution in [-0.4, -0.2) is 28.4 Å². The molecule has 2 heterocycles. The van der Waals surface area contributed by atoms with E-state index in [-0.39, 0.29) is 16.3 Å². The molecule has 6 nitrogen and oxygen atoms in total. The van der Waals surface area contributed by atoms with Crippen molar-refractivity contribution in [1.29, 1.82) is 0 Å². The van der Waals surface area contributed by atoms with E-state index in [0.29, 0.717) is 45.6 Å². The van der Waals surface area contributed by atoms with Gasteiger partial charge in [0.1, 0.15) is 0 Å². The van der Waals surface area contributed by atoms with Gasteiger partial charge in [-0.2, -0.15) is 0 Å². The van der Waals surface area contributed by atoms with Gasteiger partial charge in [-0.1, -0.05) is 24.3 Å². The number of benzene rings is 2. The average molecular weight is 457 g/mol. The van der Waals surface area contributed by atoms with Crippen LogP contribution in [0.1, 0.15) is 33.4 Å². The molecule has 0 unspecified atom stereocenters. The van der Waals surface area contributed by atoms with E-state index in [1.54, 1.807) is 57.4 Å². The van der Waals surface area contributed by atoms with Crippen molar-refractivity contribution >= 4 is 19.9 Å². The van der Waals surface area contributed by atoms with Gasteiger partial charge < -0.3 is 0 Å². The summed E-state index contributed by atoms with van der Waals surface area (Å²) in [7, 11) is -7.54. The van der Waals surface area contributed by atoms with Crippen LogP contribution in [0.4, 0.5) is 0 Å². The van der Waals surface area contributed by atoms with Crippen LogP contribution in [0.5, 0.6) is 0 Å². The Morgan fingerprint density at radius 1 is 1.00 bits per heavy atom. The van der Waals surface area contributed by atoms with Crippen molar-refractivity contribution in [3.05, 3.63) is 82.2 Å². The molecule has 0 amide bonds. The predicted octanol–water partition coefficient (Wildman–Crippen LogP) is 3.26. The first-order valence-electron chi connectivity index (χ1n) is 9.99. The first-order valence-corrected chi connectivity index (χ1v) is 13.0. The molecule has 0 radical (unpaired) electrons. The molecule has 8 heteroatoms. The Hall–Kier alpha value is -2.55. The molecule has 31 heavy (non-hydrogen) atoms. The second kappa shape index (κ2) is 7.85. The van der Waals surface area contributed by atoms with Crippen LogP contribution >= 0.6 is 0 Å². The molecule has 4 rings (SSSR count).